The number of rotatable bonds is 2. The van der Waals surface area contributed by atoms with Crippen LogP contribution in [0.2, 0.25) is 0 Å². The summed E-state index contributed by atoms with van der Waals surface area (Å²) in [6, 6.07) is 0. The van der Waals surface area contributed by atoms with Crippen molar-refractivity contribution in [2.45, 2.75) is 34.6 Å². The molecule has 0 spiro atoms. The molecule has 1 aliphatic carbocycles. The minimum absolute atomic E-state index is 0.129. The van der Waals surface area contributed by atoms with Gasteiger partial charge in [-0.3, -0.25) is 4.79 Å². The molecule has 0 radical (unpaired) electrons. The van der Waals surface area contributed by atoms with Crippen molar-refractivity contribution >= 4 is 17.6 Å². The highest BCUT2D eigenvalue weighted by molar-refractivity contribution is 6.31. The highest BCUT2D eigenvalue weighted by Crippen LogP contribution is 2.46. The molecule has 0 atom stereocenters. The maximum absolute atomic E-state index is 11.8. The number of carbonyl (C=O) groups is 2. The lowest BCUT2D eigenvalue weighted by atomic mass is 9.53. The van der Waals surface area contributed by atoms with Gasteiger partial charge in [-0.15, -0.1) is 0 Å². The SMILES string of the molecule is CCOC(=O)NN=C1C(C)(C)C(=O)C1(C)C. The lowest BCUT2D eigenvalue weighted by Gasteiger charge is -2.48. The quantitative estimate of drug-likeness (QED) is 0.729. The van der Waals surface area contributed by atoms with E-state index < -0.39 is 16.9 Å². The number of nitrogens with zero attached hydrogens (tertiary/aromatic N) is 1. The normalized spacial score (nSPS) is 21.1. The Morgan fingerprint density at radius 2 is 1.81 bits per heavy atom. The van der Waals surface area contributed by atoms with Gasteiger partial charge in [0.25, 0.3) is 0 Å². The van der Waals surface area contributed by atoms with Crippen LogP contribution in [-0.2, 0) is 9.53 Å². The van der Waals surface area contributed by atoms with Crippen molar-refractivity contribution in [3.8, 4) is 0 Å². The predicted octanol–water partition coefficient (Wildman–Crippen LogP) is 1.72. The minimum Gasteiger partial charge on any atom is -0.449 e. The van der Waals surface area contributed by atoms with Crippen LogP contribution in [0.25, 0.3) is 0 Å². The zero-order valence-electron chi connectivity index (χ0n) is 10.4. The monoisotopic (exact) mass is 226 g/mol. The predicted molar refractivity (Wildman–Crippen MR) is 60.2 cm³/mol. The molecule has 0 aromatic carbocycles. The molecule has 0 aliphatic heterocycles. The Labute approximate surface area is 95.2 Å². The zero-order chi connectivity index (χ0) is 12.6. The third kappa shape index (κ3) is 1.81. The van der Waals surface area contributed by atoms with Gasteiger partial charge in [0, 0.05) is 0 Å². The molecular formula is C11H18N2O3. The second-order valence-electron chi connectivity index (χ2n) is 4.87. The number of hydrazone groups is 1. The molecule has 1 saturated carbocycles. The number of carbonyl (C=O) groups excluding carboxylic acids is 2. The first-order chi connectivity index (χ1) is 7.24. The van der Waals surface area contributed by atoms with Crippen molar-refractivity contribution < 1.29 is 14.3 Å². The Balaban J connectivity index is 2.77. The van der Waals surface area contributed by atoms with Crippen LogP contribution >= 0.6 is 0 Å². The number of hydrogen-bond donors (Lipinski definition) is 1. The van der Waals surface area contributed by atoms with Gasteiger partial charge in [-0.05, 0) is 34.6 Å². The Morgan fingerprint density at radius 1 is 1.31 bits per heavy atom. The molecule has 0 aromatic heterocycles. The van der Waals surface area contributed by atoms with E-state index in [1.807, 2.05) is 0 Å². The molecule has 1 N–H and O–H groups in total. The van der Waals surface area contributed by atoms with E-state index in [1.54, 1.807) is 34.6 Å². The highest BCUT2D eigenvalue weighted by atomic mass is 16.5. The molecule has 1 amide bonds. The third-order valence-corrected chi connectivity index (χ3v) is 2.85. The van der Waals surface area contributed by atoms with Crippen molar-refractivity contribution in [3.63, 3.8) is 0 Å². The van der Waals surface area contributed by atoms with E-state index in [-0.39, 0.29) is 5.78 Å². The summed E-state index contributed by atoms with van der Waals surface area (Å²) in [4.78, 5) is 22.8. The molecule has 0 unspecified atom stereocenters. The van der Waals surface area contributed by atoms with Crippen LogP contribution in [0.3, 0.4) is 0 Å². The Morgan fingerprint density at radius 3 is 2.25 bits per heavy atom. The van der Waals surface area contributed by atoms with Crippen LogP contribution in [0.1, 0.15) is 34.6 Å². The molecular weight excluding hydrogens is 208 g/mol. The highest BCUT2D eigenvalue weighted by Gasteiger charge is 2.59. The van der Waals surface area contributed by atoms with Gasteiger partial charge >= 0.3 is 6.09 Å². The molecule has 0 bridgehead atoms. The van der Waals surface area contributed by atoms with Crippen molar-refractivity contribution in [3.05, 3.63) is 0 Å². The summed E-state index contributed by atoms with van der Waals surface area (Å²) in [5.41, 5.74) is 1.78. The molecule has 0 aromatic rings. The summed E-state index contributed by atoms with van der Waals surface area (Å²) in [7, 11) is 0. The Bertz CT molecular complexity index is 336. The molecule has 5 nitrogen and oxygen atoms in total. The van der Waals surface area contributed by atoms with Gasteiger partial charge in [0.2, 0.25) is 0 Å². The van der Waals surface area contributed by atoms with E-state index in [0.29, 0.717) is 12.3 Å². The maximum Gasteiger partial charge on any atom is 0.427 e. The molecule has 5 heteroatoms. The number of nitrogens with one attached hydrogen (secondary N) is 1. The van der Waals surface area contributed by atoms with E-state index >= 15 is 0 Å². The molecule has 1 fully saturated rings. The number of amides is 1. The first-order valence-electron chi connectivity index (χ1n) is 5.31. The molecule has 1 aliphatic rings. The lowest BCUT2D eigenvalue weighted by molar-refractivity contribution is -0.134. The van der Waals surface area contributed by atoms with E-state index in [9.17, 15) is 9.59 Å². The topological polar surface area (TPSA) is 67.8 Å². The Hall–Kier alpha value is -1.39. The Kier molecular flexibility index (Phi) is 3.08. The summed E-state index contributed by atoms with van der Waals surface area (Å²) in [6.07, 6.45) is -0.596. The second kappa shape index (κ2) is 3.88. The van der Waals surface area contributed by atoms with E-state index in [1.165, 1.54) is 0 Å². The van der Waals surface area contributed by atoms with Gasteiger partial charge in [0.1, 0.15) is 0 Å². The fourth-order valence-electron chi connectivity index (χ4n) is 2.26. The van der Waals surface area contributed by atoms with Gasteiger partial charge < -0.3 is 4.74 Å². The van der Waals surface area contributed by atoms with E-state index in [4.69, 9.17) is 0 Å². The van der Waals surface area contributed by atoms with Crippen molar-refractivity contribution in [1.29, 1.82) is 0 Å². The van der Waals surface area contributed by atoms with Crippen LogP contribution in [0.5, 0.6) is 0 Å². The van der Waals surface area contributed by atoms with Gasteiger partial charge in [0.15, 0.2) is 5.78 Å². The number of ketones is 1. The average Bonchev–Trinajstić information content (AvgIpc) is 2.16. The molecule has 0 heterocycles. The summed E-state index contributed by atoms with van der Waals surface area (Å²) in [5, 5.41) is 3.98. The summed E-state index contributed by atoms with van der Waals surface area (Å²) in [5.74, 6) is 0.129. The standard InChI is InChI=1S/C11H18N2O3/c1-6-16-9(15)13-12-7-10(2,3)8(14)11(7,4)5/h6H2,1-5H3,(H,13,15). The van der Waals surface area contributed by atoms with Gasteiger partial charge in [0.05, 0.1) is 23.1 Å². The summed E-state index contributed by atoms with van der Waals surface area (Å²) >= 11 is 0. The van der Waals surface area contributed by atoms with Crippen molar-refractivity contribution in [1.82, 2.24) is 5.43 Å². The van der Waals surface area contributed by atoms with Crippen LogP contribution in [0.15, 0.2) is 5.10 Å². The zero-order valence-corrected chi connectivity index (χ0v) is 10.4. The third-order valence-electron chi connectivity index (χ3n) is 2.85. The molecule has 16 heavy (non-hydrogen) atoms. The summed E-state index contributed by atoms with van der Waals surface area (Å²) < 4.78 is 4.68. The minimum atomic E-state index is -0.596. The molecule has 0 saturated heterocycles. The molecule has 90 valence electrons. The molecule has 1 rings (SSSR count). The largest absolute Gasteiger partial charge is 0.449 e. The van der Waals surface area contributed by atoms with Crippen LogP contribution < -0.4 is 5.43 Å². The first kappa shape index (κ1) is 12.7. The van der Waals surface area contributed by atoms with Crippen molar-refractivity contribution in [2.75, 3.05) is 6.61 Å². The van der Waals surface area contributed by atoms with E-state index in [2.05, 4.69) is 15.3 Å². The average molecular weight is 226 g/mol. The van der Waals surface area contributed by atoms with Crippen molar-refractivity contribution in [2.24, 2.45) is 15.9 Å². The number of hydrogen-bond acceptors (Lipinski definition) is 4. The van der Waals surface area contributed by atoms with Gasteiger partial charge in [-0.25, -0.2) is 10.2 Å². The second-order valence-corrected chi connectivity index (χ2v) is 4.87. The van der Waals surface area contributed by atoms with E-state index in [0.717, 1.165) is 0 Å². The lowest BCUT2D eigenvalue weighted by Crippen LogP contribution is -2.61. The van der Waals surface area contributed by atoms with Gasteiger partial charge in [-0.2, -0.15) is 5.10 Å². The van der Waals surface area contributed by atoms with Crippen LogP contribution in [0.4, 0.5) is 4.79 Å². The van der Waals surface area contributed by atoms with Gasteiger partial charge in [-0.1, -0.05) is 0 Å². The number of Topliss-reactive ketones (excluding diaryl/α,β-unsaturated/α-hetero) is 1. The van der Waals surface area contributed by atoms with Crippen LogP contribution in [-0.4, -0.2) is 24.2 Å². The first-order valence-corrected chi connectivity index (χ1v) is 5.31. The smallest absolute Gasteiger partial charge is 0.427 e. The summed E-state index contributed by atoms with van der Waals surface area (Å²) in [6.45, 7) is 9.20. The fourth-order valence-corrected chi connectivity index (χ4v) is 2.26. The number of ether oxygens (including phenoxy) is 1. The maximum atomic E-state index is 11.8. The fraction of sp³-hybridized carbons (Fsp3) is 0.727. The van der Waals surface area contributed by atoms with Crippen LogP contribution in [0, 0.1) is 10.8 Å².